The Kier molecular flexibility index (Phi) is 6.20. The van der Waals surface area contributed by atoms with Gasteiger partial charge in [0.05, 0.1) is 12.9 Å². The molecule has 1 aromatic carbocycles. The number of carbonyl (C=O) groups is 2. The van der Waals surface area contributed by atoms with Crippen LogP contribution in [0.3, 0.4) is 0 Å². The number of carbonyl (C=O) groups excluding carboxylic acids is 2. The molecule has 0 unspecified atom stereocenters. The van der Waals surface area contributed by atoms with E-state index in [2.05, 4.69) is 15.3 Å². The Hall–Kier alpha value is -2.71. The minimum absolute atomic E-state index is 0.142. The molecular formula is C19H17N3O3S2. The van der Waals surface area contributed by atoms with Gasteiger partial charge in [0.15, 0.2) is 5.16 Å². The van der Waals surface area contributed by atoms with E-state index >= 15 is 0 Å². The third-order valence-electron chi connectivity index (χ3n) is 3.62. The van der Waals surface area contributed by atoms with Crippen LogP contribution < -0.4 is 5.32 Å². The topological polar surface area (TPSA) is 81.2 Å². The number of benzene rings is 1. The van der Waals surface area contributed by atoms with Gasteiger partial charge in [0.2, 0.25) is 5.91 Å². The monoisotopic (exact) mass is 399 g/mol. The minimum Gasteiger partial charge on any atom is -0.465 e. The van der Waals surface area contributed by atoms with Crippen LogP contribution in [-0.2, 0) is 9.53 Å². The lowest BCUT2D eigenvalue weighted by Crippen LogP contribution is -2.16. The summed E-state index contributed by atoms with van der Waals surface area (Å²) in [4.78, 5) is 33.0. The number of nitrogens with one attached hydrogen (secondary N) is 1. The largest absolute Gasteiger partial charge is 0.465 e. The molecule has 0 saturated carbocycles. The Bertz CT molecular complexity index is 958. The Labute approximate surface area is 165 Å². The zero-order chi connectivity index (χ0) is 19.2. The summed E-state index contributed by atoms with van der Waals surface area (Å²) >= 11 is 2.53. The maximum absolute atomic E-state index is 12.3. The summed E-state index contributed by atoms with van der Waals surface area (Å²) in [5, 5.41) is 5.65. The second-order valence-corrected chi connectivity index (χ2v) is 7.35. The number of rotatable bonds is 6. The molecule has 0 atom stereocenters. The predicted molar refractivity (Wildman–Crippen MR) is 107 cm³/mol. The van der Waals surface area contributed by atoms with Crippen LogP contribution in [0.15, 0.2) is 53.1 Å². The van der Waals surface area contributed by atoms with E-state index in [1.54, 1.807) is 12.3 Å². The van der Waals surface area contributed by atoms with Gasteiger partial charge in [-0.15, -0.1) is 11.3 Å². The van der Waals surface area contributed by atoms with Crippen molar-refractivity contribution in [2.45, 2.75) is 12.1 Å². The van der Waals surface area contributed by atoms with Gasteiger partial charge in [0.25, 0.3) is 0 Å². The van der Waals surface area contributed by atoms with E-state index < -0.39 is 5.97 Å². The molecule has 0 fully saturated rings. The van der Waals surface area contributed by atoms with Crippen molar-refractivity contribution in [1.29, 1.82) is 0 Å². The van der Waals surface area contributed by atoms with Gasteiger partial charge < -0.3 is 10.1 Å². The van der Waals surface area contributed by atoms with Crippen LogP contribution in [0.25, 0.3) is 11.1 Å². The second-order valence-electron chi connectivity index (χ2n) is 5.53. The Morgan fingerprint density at radius 1 is 1.22 bits per heavy atom. The number of nitrogens with zero attached hydrogens (tertiary/aromatic N) is 2. The number of aryl methyl sites for hydroxylation is 1. The molecule has 6 nitrogen and oxygen atoms in total. The lowest BCUT2D eigenvalue weighted by molar-refractivity contribution is -0.113. The van der Waals surface area contributed by atoms with Crippen molar-refractivity contribution in [2.24, 2.45) is 0 Å². The van der Waals surface area contributed by atoms with Gasteiger partial charge in [0.1, 0.15) is 10.6 Å². The number of ether oxygens (including phenoxy) is 1. The molecule has 138 valence electrons. The number of aromatic nitrogens is 2. The summed E-state index contributed by atoms with van der Waals surface area (Å²) in [5.41, 5.74) is 2.82. The maximum Gasteiger partial charge on any atom is 0.341 e. The van der Waals surface area contributed by atoms with Crippen LogP contribution in [0.4, 0.5) is 5.00 Å². The van der Waals surface area contributed by atoms with Gasteiger partial charge in [-0.05, 0) is 18.6 Å². The third kappa shape index (κ3) is 4.72. The van der Waals surface area contributed by atoms with Crippen molar-refractivity contribution in [1.82, 2.24) is 9.97 Å². The number of thioether (sulfide) groups is 1. The fourth-order valence-corrected chi connectivity index (χ4v) is 4.02. The molecule has 1 amide bonds. The Morgan fingerprint density at radius 3 is 2.70 bits per heavy atom. The highest BCUT2D eigenvalue weighted by Gasteiger charge is 2.22. The van der Waals surface area contributed by atoms with Crippen molar-refractivity contribution >= 4 is 40.0 Å². The quantitative estimate of drug-likeness (QED) is 0.383. The number of methoxy groups -OCH3 is 1. The fourth-order valence-electron chi connectivity index (χ4n) is 2.37. The molecule has 0 aliphatic rings. The normalized spacial score (nSPS) is 10.4. The molecule has 27 heavy (non-hydrogen) atoms. The van der Waals surface area contributed by atoms with Crippen LogP contribution in [0.5, 0.6) is 0 Å². The summed E-state index contributed by atoms with van der Waals surface area (Å²) < 4.78 is 4.91. The first-order chi connectivity index (χ1) is 13.1. The zero-order valence-electron chi connectivity index (χ0n) is 14.8. The SMILES string of the molecule is COC(=O)c1c(-c2ccccc2)csc1NC(=O)CSc1nccc(C)n1. The highest BCUT2D eigenvalue weighted by atomic mass is 32.2. The highest BCUT2D eigenvalue weighted by Crippen LogP contribution is 2.36. The molecule has 0 bridgehead atoms. The van der Waals surface area contributed by atoms with Gasteiger partial charge in [-0.2, -0.15) is 0 Å². The number of thiophene rings is 1. The van der Waals surface area contributed by atoms with E-state index in [-0.39, 0.29) is 11.7 Å². The van der Waals surface area contributed by atoms with Crippen molar-refractivity contribution in [3.63, 3.8) is 0 Å². The van der Waals surface area contributed by atoms with E-state index in [0.29, 0.717) is 15.7 Å². The molecule has 0 saturated heterocycles. The number of hydrogen-bond donors (Lipinski definition) is 1. The Balaban J connectivity index is 1.77. The van der Waals surface area contributed by atoms with Gasteiger partial charge >= 0.3 is 5.97 Å². The zero-order valence-corrected chi connectivity index (χ0v) is 16.4. The molecule has 3 rings (SSSR count). The number of amides is 1. The van der Waals surface area contributed by atoms with E-state index in [1.807, 2.05) is 42.6 Å². The van der Waals surface area contributed by atoms with Gasteiger partial charge in [-0.25, -0.2) is 14.8 Å². The second kappa shape index (κ2) is 8.79. The number of hydrogen-bond acceptors (Lipinski definition) is 7. The summed E-state index contributed by atoms with van der Waals surface area (Å²) in [5.74, 6) is -0.584. The maximum atomic E-state index is 12.3. The van der Waals surface area contributed by atoms with Crippen LogP contribution in [-0.4, -0.2) is 34.7 Å². The summed E-state index contributed by atoms with van der Waals surface area (Å²) in [7, 11) is 1.32. The smallest absolute Gasteiger partial charge is 0.341 e. The van der Waals surface area contributed by atoms with E-state index in [4.69, 9.17) is 4.74 Å². The van der Waals surface area contributed by atoms with Crippen molar-refractivity contribution < 1.29 is 14.3 Å². The number of anilines is 1. The minimum atomic E-state index is -0.486. The third-order valence-corrected chi connectivity index (χ3v) is 5.38. The lowest BCUT2D eigenvalue weighted by Gasteiger charge is -2.07. The molecule has 0 spiro atoms. The fraction of sp³-hybridized carbons (Fsp3) is 0.158. The first kappa shape index (κ1) is 19.1. The van der Waals surface area contributed by atoms with Crippen molar-refractivity contribution in [2.75, 3.05) is 18.2 Å². The van der Waals surface area contributed by atoms with Crippen LogP contribution in [0, 0.1) is 6.92 Å². The predicted octanol–water partition coefficient (Wildman–Crippen LogP) is 4.03. The van der Waals surface area contributed by atoms with E-state index in [9.17, 15) is 9.59 Å². The highest BCUT2D eigenvalue weighted by molar-refractivity contribution is 7.99. The van der Waals surface area contributed by atoms with Gasteiger partial charge in [-0.1, -0.05) is 42.1 Å². The molecule has 0 aliphatic heterocycles. The average molecular weight is 399 g/mol. The first-order valence-corrected chi connectivity index (χ1v) is 9.92. The van der Waals surface area contributed by atoms with Gasteiger partial charge in [0, 0.05) is 22.8 Å². The summed E-state index contributed by atoms with van der Waals surface area (Å²) in [6.07, 6.45) is 1.66. The molecule has 8 heteroatoms. The van der Waals surface area contributed by atoms with Crippen molar-refractivity contribution in [3.8, 4) is 11.1 Å². The molecular weight excluding hydrogens is 382 g/mol. The van der Waals surface area contributed by atoms with E-state index in [0.717, 1.165) is 16.8 Å². The number of esters is 1. The Morgan fingerprint density at radius 2 is 2.00 bits per heavy atom. The average Bonchev–Trinajstić information content (AvgIpc) is 3.10. The van der Waals surface area contributed by atoms with Crippen LogP contribution in [0.2, 0.25) is 0 Å². The summed E-state index contributed by atoms with van der Waals surface area (Å²) in [6.45, 7) is 1.87. The van der Waals surface area contributed by atoms with Gasteiger partial charge in [-0.3, -0.25) is 4.79 Å². The van der Waals surface area contributed by atoms with Crippen LogP contribution >= 0.6 is 23.1 Å². The van der Waals surface area contributed by atoms with Crippen LogP contribution in [0.1, 0.15) is 16.1 Å². The summed E-state index contributed by atoms with van der Waals surface area (Å²) in [6, 6.07) is 11.3. The van der Waals surface area contributed by atoms with Crippen molar-refractivity contribution in [3.05, 3.63) is 59.2 Å². The lowest BCUT2D eigenvalue weighted by atomic mass is 10.0. The molecule has 2 aromatic heterocycles. The molecule has 0 radical (unpaired) electrons. The standard InChI is InChI=1S/C19H17N3O3S2/c1-12-8-9-20-19(21-12)27-11-15(23)22-17-16(18(24)25-2)14(10-26-17)13-6-4-3-5-7-13/h3-10H,11H2,1-2H3,(H,22,23). The molecule has 2 heterocycles. The van der Waals surface area contributed by atoms with E-state index in [1.165, 1.54) is 30.2 Å². The first-order valence-electron chi connectivity index (χ1n) is 8.06. The molecule has 3 aromatic rings. The molecule has 1 N–H and O–H groups in total. The molecule has 0 aliphatic carbocycles.